The monoisotopic (exact) mass is 161 g/mol. The van der Waals surface area contributed by atoms with Crippen LogP contribution in [0.5, 0.6) is 0 Å². The van der Waals surface area contributed by atoms with Crippen LogP contribution in [0.1, 0.15) is 30.8 Å². The van der Waals surface area contributed by atoms with Gasteiger partial charge in [-0.15, -0.1) is 6.42 Å². The van der Waals surface area contributed by atoms with Crippen LogP contribution in [0.4, 0.5) is 0 Å². The van der Waals surface area contributed by atoms with Gasteiger partial charge in [0.2, 0.25) is 0 Å². The molecule has 0 fully saturated rings. The Hall–Kier alpha value is -1.16. The normalized spacial score (nSPS) is 11.2. The molecule has 0 saturated carbocycles. The van der Waals surface area contributed by atoms with Crippen LogP contribution in [0, 0.1) is 26.2 Å². The van der Waals surface area contributed by atoms with E-state index in [9.17, 15) is 0 Å². The second-order valence-electron chi connectivity index (χ2n) is 3.76. The summed E-state index contributed by atoms with van der Waals surface area (Å²) in [5.41, 5.74) is 3.42. The van der Waals surface area contributed by atoms with Gasteiger partial charge in [0.1, 0.15) is 0 Å². The lowest BCUT2D eigenvalue weighted by Crippen LogP contribution is -2.14. The zero-order valence-electron chi connectivity index (χ0n) is 8.15. The summed E-state index contributed by atoms with van der Waals surface area (Å²) >= 11 is 0. The molecule has 0 saturated heterocycles. The molecule has 1 aromatic rings. The van der Waals surface area contributed by atoms with Gasteiger partial charge in [-0.25, -0.2) is 0 Å². The minimum Gasteiger partial charge on any atom is -0.362 e. The van der Waals surface area contributed by atoms with E-state index in [0.717, 1.165) is 0 Å². The fourth-order valence-corrected chi connectivity index (χ4v) is 1.45. The Kier molecular flexibility index (Phi) is 2.02. The maximum absolute atomic E-state index is 5.45. The maximum Gasteiger partial charge on any atom is 0.0521 e. The summed E-state index contributed by atoms with van der Waals surface area (Å²) in [5, 5.41) is 0. The molecular formula is C11H15N. The summed E-state index contributed by atoms with van der Waals surface area (Å²) in [5.74, 6) is 2.79. The summed E-state index contributed by atoms with van der Waals surface area (Å²) in [4.78, 5) is 3.25. The van der Waals surface area contributed by atoms with E-state index >= 15 is 0 Å². The quantitative estimate of drug-likeness (QED) is 0.609. The van der Waals surface area contributed by atoms with Crippen molar-refractivity contribution in [3.63, 3.8) is 0 Å². The smallest absolute Gasteiger partial charge is 0.0521 e. The second-order valence-corrected chi connectivity index (χ2v) is 3.76. The molecule has 0 spiro atoms. The van der Waals surface area contributed by atoms with Gasteiger partial charge in [0.25, 0.3) is 0 Å². The summed E-state index contributed by atoms with van der Waals surface area (Å²) < 4.78 is 0. The third-order valence-electron chi connectivity index (χ3n) is 2.18. The minimum atomic E-state index is -0.158. The lowest BCUT2D eigenvalue weighted by Gasteiger charge is -2.16. The molecule has 0 atom stereocenters. The van der Waals surface area contributed by atoms with Gasteiger partial charge in [-0.05, 0) is 39.3 Å². The Morgan fingerprint density at radius 1 is 1.42 bits per heavy atom. The van der Waals surface area contributed by atoms with Gasteiger partial charge >= 0.3 is 0 Å². The van der Waals surface area contributed by atoms with Gasteiger partial charge < -0.3 is 4.98 Å². The molecule has 0 amide bonds. The predicted octanol–water partition coefficient (Wildman–Crippen LogP) is 2.54. The fraction of sp³-hybridized carbons (Fsp3) is 0.455. The number of nitrogens with one attached hydrogen (secondary N) is 1. The highest BCUT2D eigenvalue weighted by atomic mass is 14.7. The number of H-pyrrole nitrogens is 1. The van der Waals surface area contributed by atoms with Crippen molar-refractivity contribution in [2.24, 2.45) is 0 Å². The minimum absolute atomic E-state index is 0.158. The zero-order valence-corrected chi connectivity index (χ0v) is 8.15. The van der Waals surface area contributed by atoms with Crippen LogP contribution in [0.15, 0.2) is 6.07 Å². The van der Waals surface area contributed by atoms with E-state index < -0.39 is 0 Å². The van der Waals surface area contributed by atoms with Gasteiger partial charge in [0, 0.05) is 11.4 Å². The van der Waals surface area contributed by atoms with Crippen molar-refractivity contribution in [2.75, 3.05) is 0 Å². The van der Waals surface area contributed by atoms with Crippen LogP contribution >= 0.6 is 0 Å². The first kappa shape index (κ1) is 8.93. The summed E-state index contributed by atoms with van der Waals surface area (Å²) in [6.45, 7) is 8.22. The molecule has 0 unspecified atom stereocenters. The third kappa shape index (κ3) is 1.38. The van der Waals surface area contributed by atoms with Crippen molar-refractivity contribution in [1.29, 1.82) is 0 Å². The summed E-state index contributed by atoms with van der Waals surface area (Å²) in [6, 6.07) is 2.12. The first-order valence-corrected chi connectivity index (χ1v) is 4.12. The molecular weight excluding hydrogens is 146 g/mol. The van der Waals surface area contributed by atoms with Gasteiger partial charge in [-0.3, -0.25) is 0 Å². The molecule has 1 aromatic heterocycles. The Balaban J connectivity index is 3.21. The van der Waals surface area contributed by atoms with E-state index in [1.165, 1.54) is 17.0 Å². The number of hydrogen-bond donors (Lipinski definition) is 1. The zero-order chi connectivity index (χ0) is 9.35. The highest BCUT2D eigenvalue weighted by molar-refractivity contribution is 5.37. The Morgan fingerprint density at radius 3 is 2.33 bits per heavy atom. The number of aromatic amines is 1. The van der Waals surface area contributed by atoms with E-state index in [2.05, 4.69) is 37.7 Å². The summed E-state index contributed by atoms with van der Waals surface area (Å²) in [7, 11) is 0. The molecule has 64 valence electrons. The molecule has 0 aliphatic carbocycles. The van der Waals surface area contributed by atoms with Crippen LogP contribution in [-0.4, -0.2) is 4.98 Å². The van der Waals surface area contributed by atoms with Crippen molar-refractivity contribution in [1.82, 2.24) is 4.98 Å². The van der Waals surface area contributed by atoms with Crippen LogP contribution in [0.2, 0.25) is 0 Å². The average Bonchev–Trinajstić information content (AvgIpc) is 2.31. The molecule has 0 radical (unpaired) electrons. The first-order chi connectivity index (χ1) is 5.47. The average molecular weight is 161 g/mol. The number of hydrogen-bond acceptors (Lipinski definition) is 0. The predicted molar refractivity (Wildman–Crippen MR) is 52.1 cm³/mol. The van der Waals surface area contributed by atoms with Gasteiger partial charge in [-0.2, -0.15) is 0 Å². The van der Waals surface area contributed by atoms with Gasteiger partial charge in [-0.1, -0.05) is 5.92 Å². The van der Waals surface area contributed by atoms with Crippen LogP contribution in [0.25, 0.3) is 0 Å². The molecule has 1 heterocycles. The second kappa shape index (κ2) is 2.71. The molecule has 12 heavy (non-hydrogen) atoms. The maximum atomic E-state index is 5.45. The number of terminal acetylenes is 1. The molecule has 0 aromatic carbocycles. The number of aryl methyl sites for hydroxylation is 2. The van der Waals surface area contributed by atoms with E-state index in [1.54, 1.807) is 0 Å². The van der Waals surface area contributed by atoms with E-state index in [1.807, 2.05) is 6.92 Å². The van der Waals surface area contributed by atoms with Crippen molar-refractivity contribution < 1.29 is 0 Å². The van der Waals surface area contributed by atoms with Crippen LogP contribution in [-0.2, 0) is 5.41 Å². The SMILES string of the molecule is C#CC(C)(C)c1cc(C)[nH]c1C. The lowest BCUT2D eigenvalue weighted by molar-refractivity contribution is 0.694. The van der Waals surface area contributed by atoms with Gasteiger partial charge in [0.15, 0.2) is 0 Å². The molecule has 0 bridgehead atoms. The van der Waals surface area contributed by atoms with Crippen molar-refractivity contribution >= 4 is 0 Å². The van der Waals surface area contributed by atoms with E-state index in [0.29, 0.717) is 0 Å². The van der Waals surface area contributed by atoms with E-state index in [4.69, 9.17) is 6.42 Å². The van der Waals surface area contributed by atoms with Crippen LogP contribution in [0.3, 0.4) is 0 Å². The topological polar surface area (TPSA) is 15.8 Å². The largest absolute Gasteiger partial charge is 0.362 e. The number of rotatable bonds is 1. The molecule has 1 rings (SSSR count). The highest BCUT2D eigenvalue weighted by Gasteiger charge is 2.20. The lowest BCUT2D eigenvalue weighted by atomic mass is 9.86. The Morgan fingerprint density at radius 2 is 2.00 bits per heavy atom. The Labute approximate surface area is 74.2 Å². The molecule has 0 aliphatic rings. The molecule has 1 heteroatoms. The van der Waals surface area contributed by atoms with Crippen molar-refractivity contribution in [2.45, 2.75) is 33.1 Å². The first-order valence-electron chi connectivity index (χ1n) is 4.12. The van der Waals surface area contributed by atoms with Crippen LogP contribution < -0.4 is 0 Å². The van der Waals surface area contributed by atoms with Crippen molar-refractivity contribution in [3.8, 4) is 12.3 Å². The molecule has 0 aliphatic heterocycles. The Bertz CT molecular complexity index is 323. The number of aromatic nitrogens is 1. The molecule has 1 N–H and O–H groups in total. The third-order valence-corrected chi connectivity index (χ3v) is 2.18. The molecule has 1 nitrogen and oxygen atoms in total. The summed E-state index contributed by atoms with van der Waals surface area (Å²) in [6.07, 6.45) is 5.45. The fourth-order valence-electron chi connectivity index (χ4n) is 1.45. The standard InChI is InChI=1S/C11H15N/c1-6-11(4,5)10-7-8(2)12-9(10)3/h1,7,12H,2-5H3. The van der Waals surface area contributed by atoms with Crippen molar-refractivity contribution in [3.05, 3.63) is 23.0 Å². The van der Waals surface area contributed by atoms with E-state index in [-0.39, 0.29) is 5.41 Å². The highest BCUT2D eigenvalue weighted by Crippen LogP contribution is 2.25. The van der Waals surface area contributed by atoms with Gasteiger partial charge in [0.05, 0.1) is 5.41 Å².